The van der Waals surface area contributed by atoms with Crippen molar-refractivity contribution in [2.24, 2.45) is 0 Å². The first kappa shape index (κ1) is 15.3. The second-order valence-corrected chi connectivity index (χ2v) is 6.09. The summed E-state index contributed by atoms with van der Waals surface area (Å²) in [4.78, 5) is 42.1. The molecule has 126 valence electrons. The number of nitrogens with zero attached hydrogens (tertiary/aromatic N) is 2. The minimum Gasteiger partial charge on any atom is -0.370 e. The molecule has 0 aliphatic carbocycles. The topological polar surface area (TPSA) is 91.4 Å². The first-order chi connectivity index (χ1) is 12.1. The Balaban J connectivity index is 1.49. The largest absolute Gasteiger partial charge is 0.370 e. The molecular formula is C18H16N4O3. The molecule has 0 radical (unpaired) electrons. The normalized spacial score (nSPS) is 15.9. The molecule has 3 amide bonds. The minimum atomic E-state index is -0.484. The zero-order chi connectivity index (χ0) is 17.4. The molecule has 7 nitrogen and oxygen atoms in total. The number of rotatable bonds is 3. The molecule has 0 saturated carbocycles. The molecule has 2 aliphatic rings. The minimum absolute atomic E-state index is 0.218. The lowest BCUT2D eigenvalue weighted by Crippen LogP contribution is -2.20. The van der Waals surface area contributed by atoms with E-state index in [1.54, 1.807) is 12.3 Å². The highest BCUT2D eigenvalue weighted by molar-refractivity contribution is 6.22. The Hall–Kier alpha value is -3.22. The van der Waals surface area contributed by atoms with Crippen molar-refractivity contribution in [1.29, 1.82) is 0 Å². The van der Waals surface area contributed by atoms with Gasteiger partial charge in [-0.25, -0.2) is 4.98 Å². The second-order valence-electron chi connectivity index (χ2n) is 6.09. The van der Waals surface area contributed by atoms with Crippen molar-refractivity contribution in [1.82, 2.24) is 10.3 Å². The van der Waals surface area contributed by atoms with Gasteiger partial charge in [-0.15, -0.1) is 0 Å². The van der Waals surface area contributed by atoms with Gasteiger partial charge in [0.15, 0.2) is 0 Å². The number of hydrogen-bond donors (Lipinski definition) is 2. The quantitative estimate of drug-likeness (QED) is 0.834. The molecule has 25 heavy (non-hydrogen) atoms. The molecule has 3 heterocycles. The van der Waals surface area contributed by atoms with Crippen LogP contribution < -0.4 is 15.5 Å². The third-order valence-electron chi connectivity index (χ3n) is 4.46. The highest BCUT2D eigenvalue weighted by Gasteiger charge is 2.27. The third kappa shape index (κ3) is 2.84. The highest BCUT2D eigenvalue weighted by atomic mass is 16.2. The van der Waals surface area contributed by atoms with Crippen molar-refractivity contribution in [2.45, 2.75) is 12.8 Å². The number of hydrogen-bond acceptors (Lipinski definition) is 5. The summed E-state index contributed by atoms with van der Waals surface area (Å²) in [5, 5.41) is 4.91. The van der Waals surface area contributed by atoms with Crippen molar-refractivity contribution in [2.75, 3.05) is 23.3 Å². The number of anilines is 2. The van der Waals surface area contributed by atoms with Crippen molar-refractivity contribution >= 4 is 29.2 Å². The molecule has 1 aromatic heterocycles. The number of aromatic nitrogens is 1. The summed E-state index contributed by atoms with van der Waals surface area (Å²) in [6.07, 6.45) is 4.12. The summed E-state index contributed by atoms with van der Waals surface area (Å²) in [7, 11) is 0. The van der Waals surface area contributed by atoms with Crippen LogP contribution in [0.2, 0.25) is 0 Å². The van der Waals surface area contributed by atoms with Crippen LogP contribution in [0.1, 0.15) is 43.9 Å². The smallest absolute Gasteiger partial charge is 0.258 e. The van der Waals surface area contributed by atoms with Gasteiger partial charge in [0, 0.05) is 18.7 Å². The van der Waals surface area contributed by atoms with Gasteiger partial charge in [0.25, 0.3) is 17.7 Å². The van der Waals surface area contributed by atoms with Gasteiger partial charge in [0.1, 0.15) is 5.82 Å². The van der Waals surface area contributed by atoms with Crippen LogP contribution in [0.15, 0.2) is 36.5 Å². The van der Waals surface area contributed by atoms with Crippen LogP contribution in [-0.2, 0) is 0 Å². The number of carbonyl (C=O) groups excluding carboxylic acids is 3. The van der Waals surface area contributed by atoms with Gasteiger partial charge in [-0.2, -0.15) is 0 Å². The van der Waals surface area contributed by atoms with E-state index in [1.165, 1.54) is 31.0 Å². The Morgan fingerprint density at radius 3 is 2.52 bits per heavy atom. The van der Waals surface area contributed by atoms with Gasteiger partial charge in [-0.3, -0.25) is 19.7 Å². The fourth-order valence-corrected chi connectivity index (χ4v) is 3.12. The number of carbonyl (C=O) groups is 3. The fraction of sp³-hybridized carbons (Fsp3) is 0.222. The molecule has 2 N–H and O–H groups in total. The summed E-state index contributed by atoms with van der Waals surface area (Å²) in [6.45, 7) is 2.06. The maximum absolute atomic E-state index is 12.4. The van der Waals surface area contributed by atoms with E-state index in [0.29, 0.717) is 11.4 Å². The van der Waals surface area contributed by atoms with Crippen LogP contribution in [0.3, 0.4) is 0 Å². The van der Waals surface area contributed by atoms with Crippen molar-refractivity contribution < 1.29 is 14.4 Å². The monoisotopic (exact) mass is 336 g/mol. The van der Waals surface area contributed by atoms with Gasteiger partial charge >= 0.3 is 0 Å². The molecule has 2 aromatic rings. The lowest BCUT2D eigenvalue weighted by molar-refractivity contribution is 0.0879. The van der Waals surface area contributed by atoms with Gasteiger partial charge in [-0.1, -0.05) is 0 Å². The van der Waals surface area contributed by atoms with E-state index < -0.39 is 11.8 Å². The number of nitrogens with one attached hydrogen (secondary N) is 2. The Morgan fingerprint density at radius 1 is 1.04 bits per heavy atom. The number of imide groups is 1. The van der Waals surface area contributed by atoms with E-state index in [-0.39, 0.29) is 17.0 Å². The van der Waals surface area contributed by atoms with Crippen LogP contribution in [0.5, 0.6) is 0 Å². The molecule has 1 saturated heterocycles. The lowest BCUT2D eigenvalue weighted by atomic mass is 10.1. The molecule has 1 aromatic carbocycles. The molecule has 0 atom stereocenters. The molecule has 7 heteroatoms. The van der Waals surface area contributed by atoms with E-state index in [9.17, 15) is 14.4 Å². The van der Waals surface area contributed by atoms with Gasteiger partial charge < -0.3 is 10.2 Å². The standard InChI is InChI=1S/C18H16N4O3/c23-16(11-3-5-13-14(9-11)18(25)21-17(13)24)20-15-6-4-12(10-19-15)22-7-1-2-8-22/h3-6,9-10H,1-2,7-8H2,(H,19,20,23)(H,21,24,25). The lowest BCUT2D eigenvalue weighted by Gasteiger charge is -2.17. The number of benzene rings is 1. The molecule has 2 aliphatic heterocycles. The summed E-state index contributed by atoms with van der Waals surface area (Å²) < 4.78 is 0. The Bertz CT molecular complexity index is 870. The van der Waals surface area contributed by atoms with E-state index in [0.717, 1.165) is 18.8 Å². The number of pyridine rings is 1. The molecule has 4 rings (SSSR count). The Morgan fingerprint density at radius 2 is 1.80 bits per heavy atom. The van der Waals surface area contributed by atoms with Crippen molar-refractivity contribution in [3.63, 3.8) is 0 Å². The first-order valence-corrected chi connectivity index (χ1v) is 8.14. The van der Waals surface area contributed by atoms with E-state index >= 15 is 0 Å². The molecule has 0 bridgehead atoms. The van der Waals surface area contributed by atoms with Crippen LogP contribution >= 0.6 is 0 Å². The predicted octanol–water partition coefficient (Wildman–Crippen LogP) is 1.82. The maximum Gasteiger partial charge on any atom is 0.258 e. The van der Waals surface area contributed by atoms with E-state index in [2.05, 4.69) is 20.5 Å². The van der Waals surface area contributed by atoms with E-state index in [4.69, 9.17) is 0 Å². The predicted molar refractivity (Wildman–Crippen MR) is 91.9 cm³/mol. The second kappa shape index (κ2) is 6.01. The zero-order valence-electron chi connectivity index (χ0n) is 13.4. The van der Waals surface area contributed by atoms with Gasteiger partial charge in [0.05, 0.1) is 23.0 Å². The van der Waals surface area contributed by atoms with Gasteiger partial charge in [-0.05, 0) is 43.2 Å². The number of amides is 3. The average molecular weight is 336 g/mol. The maximum atomic E-state index is 12.4. The third-order valence-corrected chi connectivity index (χ3v) is 4.46. The molecule has 0 spiro atoms. The van der Waals surface area contributed by atoms with Crippen LogP contribution in [0, 0.1) is 0 Å². The first-order valence-electron chi connectivity index (χ1n) is 8.14. The van der Waals surface area contributed by atoms with Crippen LogP contribution in [-0.4, -0.2) is 35.8 Å². The van der Waals surface area contributed by atoms with Crippen LogP contribution in [0.25, 0.3) is 0 Å². The van der Waals surface area contributed by atoms with Crippen molar-refractivity contribution in [3.8, 4) is 0 Å². The number of fused-ring (bicyclic) bond motifs is 1. The molecule has 0 unspecified atom stereocenters. The molecular weight excluding hydrogens is 320 g/mol. The van der Waals surface area contributed by atoms with Crippen LogP contribution in [0.4, 0.5) is 11.5 Å². The van der Waals surface area contributed by atoms with E-state index in [1.807, 2.05) is 6.07 Å². The summed E-state index contributed by atoms with van der Waals surface area (Å²) in [6, 6.07) is 8.11. The Kier molecular flexibility index (Phi) is 3.68. The SMILES string of the molecule is O=C(Nc1ccc(N2CCCC2)cn1)c1ccc2c(c1)C(=O)NC2=O. The zero-order valence-corrected chi connectivity index (χ0v) is 13.4. The Labute approximate surface area is 144 Å². The van der Waals surface area contributed by atoms with Crippen molar-refractivity contribution in [3.05, 3.63) is 53.2 Å². The summed E-state index contributed by atoms with van der Waals surface area (Å²) in [5.74, 6) is -0.862. The summed E-state index contributed by atoms with van der Waals surface area (Å²) in [5.41, 5.74) is 1.85. The summed E-state index contributed by atoms with van der Waals surface area (Å²) >= 11 is 0. The van der Waals surface area contributed by atoms with Gasteiger partial charge in [0.2, 0.25) is 0 Å². The molecule has 1 fully saturated rings. The highest BCUT2D eigenvalue weighted by Crippen LogP contribution is 2.21. The fourth-order valence-electron chi connectivity index (χ4n) is 3.12. The average Bonchev–Trinajstić information content (AvgIpc) is 3.24.